The van der Waals surface area contributed by atoms with Gasteiger partial charge in [0.15, 0.2) is 0 Å². The summed E-state index contributed by atoms with van der Waals surface area (Å²) in [6.45, 7) is 6.28. The van der Waals surface area contributed by atoms with E-state index in [1.807, 2.05) is 26.8 Å². The smallest absolute Gasteiger partial charge is 0.328 e. The Balaban J connectivity index is 2.87. The number of anilines is 1. The Bertz CT molecular complexity index is 486. The van der Waals surface area contributed by atoms with E-state index >= 15 is 0 Å². The molecule has 0 aliphatic carbocycles. The molecule has 1 aromatic rings. The zero-order valence-electron chi connectivity index (χ0n) is 12.4. The summed E-state index contributed by atoms with van der Waals surface area (Å²) in [5.41, 5.74) is 2.35. The normalized spacial score (nSPS) is 11.6. The van der Waals surface area contributed by atoms with Gasteiger partial charge in [-0.2, -0.15) is 0 Å². The van der Waals surface area contributed by atoms with Crippen molar-refractivity contribution in [2.75, 3.05) is 19.0 Å². The van der Waals surface area contributed by atoms with Crippen LogP contribution in [0.5, 0.6) is 0 Å². The van der Waals surface area contributed by atoms with Crippen LogP contribution in [0.1, 0.15) is 36.2 Å². The van der Waals surface area contributed by atoms with Gasteiger partial charge in [-0.3, -0.25) is 4.79 Å². The van der Waals surface area contributed by atoms with E-state index in [4.69, 9.17) is 4.74 Å². The third-order valence-electron chi connectivity index (χ3n) is 3.05. The third kappa shape index (κ3) is 3.98. The third-order valence-corrected chi connectivity index (χ3v) is 3.05. The molecule has 0 aromatic heterocycles. The van der Waals surface area contributed by atoms with E-state index in [2.05, 4.69) is 10.6 Å². The first kappa shape index (κ1) is 16.0. The van der Waals surface area contributed by atoms with Gasteiger partial charge >= 0.3 is 5.97 Å². The summed E-state index contributed by atoms with van der Waals surface area (Å²) in [7, 11) is 1.37. The summed E-state index contributed by atoms with van der Waals surface area (Å²) in [6, 6.07) is 4.97. The number of methoxy groups -OCH3 is 1. The van der Waals surface area contributed by atoms with E-state index in [1.165, 1.54) is 7.11 Å². The summed E-state index contributed by atoms with van der Waals surface area (Å²) in [5.74, 6) is -0.387. The van der Waals surface area contributed by atoms with Crippen LogP contribution in [-0.4, -0.2) is 31.6 Å². The molecule has 1 rings (SSSR count). The van der Waals surface area contributed by atoms with Crippen molar-refractivity contribution >= 4 is 17.6 Å². The van der Waals surface area contributed by atoms with E-state index in [9.17, 15) is 9.59 Å². The Morgan fingerprint density at radius 2 is 2.00 bits per heavy atom. The van der Waals surface area contributed by atoms with Crippen molar-refractivity contribution in [2.24, 2.45) is 0 Å². The van der Waals surface area contributed by atoms with Gasteiger partial charge in [0.2, 0.25) is 0 Å². The quantitative estimate of drug-likeness (QED) is 0.782. The lowest BCUT2D eigenvalue weighted by molar-refractivity contribution is -0.141. The Labute approximate surface area is 119 Å². The molecule has 0 aliphatic rings. The van der Waals surface area contributed by atoms with E-state index in [0.29, 0.717) is 18.5 Å². The molecule has 0 spiro atoms. The van der Waals surface area contributed by atoms with Crippen molar-refractivity contribution in [3.8, 4) is 0 Å². The fraction of sp³-hybridized carbons (Fsp3) is 0.467. The second-order valence-electron chi connectivity index (χ2n) is 4.52. The van der Waals surface area contributed by atoms with Crippen LogP contribution in [0.25, 0.3) is 0 Å². The Morgan fingerprint density at radius 1 is 1.30 bits per heavy atom. The van der Waals surface area contributed by atoms with Gasteiger partial charge in [-0.05, 0) is 44.0 Å². The summed E-state index contributed by atoms with van der Waals surface area (Å²) in [6.07, 6.45) is 0.629. The molecule has 20 heavy (non-hydrogen) atoms. The van der Waals surface area contributed by atoms with E-state index in [0.717, 1.165) is 11.3 Å². The second kappa shape index (κ2) is 7.53. The topological polar surface area (TPSA) is 67.4 Å². The molecule has 1 aromatic carbocycles. The van der Waals surface area contributed by atoms with E-state index in [-0.39, 0.29) is 17.9 Å². The number of nitrogens with one attached hydrogen (secondary N) is 2. The minimum absolute atomic E-state index is 0.0952. The van der Waals surface area contributed by atoms with Crippen LogP contribution < -0.4 is 10.6 Å². The highest BCUT2D eigenvalue weighted by atomic mass is 16.5. The average molecular weight is 278 g/mol. The lowest BCUT2D eigenvalue weighted by Gasteiger charge is -2.18. The number of hydrogen-bond donors (Lipinski definition) is 2. The minimum atomic E-state index is -0.381. The van der Waals surface area contributed by atoms with Crippen LogP contribution >= 0.6 is 0 Å². The van der Waals surface area contributed by atoms with Gasteiger partial charge in [0.25, 0.3) is 5.91 Å². The van der Waals surface area contributed by atoms with Gasteiger partial charge in [-0.15, -0.1) is 0 Å². The van der Waals surface area contributed by atoms with Gasteiger partial charge < -0.3 is 15.4 Å². The minimum Gasteiger partial charge on any atom is -0.467 e. The molecule has 0 aliphatic heterocycles. The lowest BCUT2D eigenvalue weighted by Crippen LogP contribution is -2.30. The first-order chi connectivity index (χ1) is 9.53. The maximum Gasteiger partial charge on any atom is 0.328 e. The predicted molar refractivity (Wildman–Crippen MR) is 78.9 cm³/mol. The van der Waals surface area contributed by atoms with Crippen molar-refractivity contribution < 1.29 is 14.3 Å². The van der Waals surface area contributed by atoms with Gasteiger partial charge in [-0.25, -0.2) is 4.79 Å². The Morgan fingerprint density at radius 3 is 2.50 bits per heavy atom. The van der Waals surface area contributed by atoms with Crippen molar-refractivity contribution in [2.45, 2.75) is 33.2 Å². The van der Waals surface area contributed by atoms with Crippen LogP contribution in [0.4, 0.5) is 5.69 Å². The Kier molecular flexibility index (Phi) is 6.03. The second-order valence-corrected chi connectivity index (χ2v) is 4.52. The molecule has 1 unspecified atom stereocenters. The van der Waals surface area contributed by atoms with Crippen LogP contribution in [-0.2, 0) is 9.53 Å². The molecular formula is C15H22N2O3. The molecule has 1 amide bonds. The molecule has 110 valence electrons. The van der Waals surface area contributed by atoms with Crippen molar-refractivity contribution in [3.63, 3.8) is 0 Å². The average Bonchev–Trinajstić information content (AvgIpc) is 2.45. The number of esters is 1. The first-order valence-electron chi connectivity index (χ1n) is 6.76. The van der Waals surface area contributed by atoms with Gasteiger partial charge in [0.1, 0.15) is 6.04 Å². The molecule has 0 heterocycles. The number of benzene rings is 1. The fourth-order valence-corrected chi connectivity index (χ4v) is 1.89. The van der Waals surface area contributed by atoms with Gasteiger partial charge in [-0.1, -0.05) is 6.92 Å². The summed E-state index contributed by atoms with van der Waals surface area (Å²) in [4.78, 5) is 23.3. The largest absolute Gasteiger partial charge is 0.467 e. The molecule has 2 N–H and O–H groups in total. The van der Waals surface area contributed by atoms with Crippen LogP contribution in [0.3, 0.4) is 0 Å². The molecule has 0 saturated carbocycles. The fourth-order valence-electron chi connectivity index (χ4n) is 1.89. The SMILES string of the molecule is CCNC(=O)c1ccc(NC(CC)C(=O)OC)c(C)c1. The monoisotopic (exact) mass is 278 g/mol. The Hall–Kier alpha value is -2.04. The summed E-state index contributed by atoms with van der Waals surface area (Å²) in [5, 5.41) is 5.89. The van der Waals surface area contributed by atoms with Crippen molar-refractivity contribution in [1.82, 2.24) is 5.32 Å². The number of hydrogen-bond acceptors (Lipinski definition) is 4. The molecule has 0 bridgehead atoms. The van der Waals surface area contributed by atoms with Gasteiger partial charge in [0.05, 0.1) is 7.11 Å². The first-order valence-corrected chi connectivity index (χ1v) is 6.76. The number of ether oxygens (including phenoxy) is 1. The number of carbonyl (C=O) groups excluding carboxylic acids is 2. The highest BCUT2D eigenvalue weighted by Gasteiger charge is 2.17. The predicted octanol–water partition coefficient (Wildman–Crippen LogP) is 2.11. The molecule has 1 atom stereocenters. The number of rotatable bonds is 6. The van der Waals surface area contributed by atoms with E-state index < -0.39 is 0 Å². The lowest BCUT2D eigenvalue weighted by atomic mass is 10.1. The van der Waals surface area contributed by atoms with Crippen LogP contribution in [0.15, 0.2) is 18.2 Å². The molecular weight excluding hydrogens is 256 g/mol. The van der Waals surface area contributed by atoms with Crippen molar-refractivity contribution in [1.29, 1.82) is 0 Å². The van der Waals surface area contributed by atoms with Crippen LogP contribution in [0, 0.1) is 6.92 Å². The molecule has 0 radical (unpaired) electrons. The maximum absolute atomic E-state index is 11.7. The van der Waals surface area contributed by atoms with Gasteiger partial charge in [0, 0.05) is 17.8 Å². The molecule has 0 fully saturated rings. The summed E-state index contributed by atoms with van der Waals surface area (Å²) < 4.78 is 4.74. The molecule has 5 nitrogen and oxygen atoms in total. The van der Waals surface area contributed by atoms with Crippen LogP contribution in [0.2, 0.25) is 0 Å². The number of amides is 1. The van der Waals surface area contributed by atoms with E-state index in [1.54, 1.807) is 12.1 Å². The zero-order valence-corrected chi connectivity index (χ0v) is 12.4. The number of aryl methyl sites for hydroxylation is 1. The highest BCUT2D eigenvalue weighted by Crippen LogP contribution is 2.18. The zero-order chi connectivity index (χ0) is 15.1. The molecule has 5 heteroatoms. The molecule has 0 saturated heterocycles. The standard InChI is InChI=1S/C15H22N2O3/c1-5-12(15(19)20-4)17-13-8-7-11(9-10(13)3)14(18)16-6-2/h7-9,12,17H,5-6H2,1-4H3,(H,16,18). The number of carbonyl (C=O) groups is 2. The maximum atomic E-state index is 11.7. The summed E-state index contributed by atoms with van der Waals surface area (Å²) >= 11 is 0. The van der Waals surface area contributed by atoms with Crippen molar-refractivity contribution in [3.05, 3.63) is 29.3 Å². The highest BCUT2D eigenvalue weighted by molar-refractivity contribution is 5.95.